The van der Waals surface area contributed by atoms with Crippen LogP contribution < -0.4 is 11.7 Å². The van der Waals surface area contributed by atoms with Gasteiger partial charge in [0.1, 0.15) is 0 Å². The summed E-state index contributed by atoms with van der Waals surface area (Å²) in [5, 5.41) is 19.4. The molecule has 13 heteroatoms. The summed E-state index contributed by atoms with van der Waals surface area (Å²) in [6.45, 7) is 1.24. The zero-order chi connectivity index (χ0) is 16.8. The Balaban J connectivity index is 1.62. The van der Waals surface area contributed by atoms with E-state index in [0.29, 0.717) is 23.5 Å². The van der Waals surface area contributed by atoms with Crippen LogP contribution in [0, 0.1) is 0 Å². The fourth-order valence-corrected chi connectivity index (χ4v) is 5.10. The fourth-order valence-electron chi connectivity index (χ4n) is 1.79. The third kappa shape index (κ3) is 4.65. The number of fused-ring (bicyclic) bond motifs is 4. The predicted octanol–water partition coefficient (Wildman–Crippen LogP) is 0.786. The molecule has 4 bridgehead atoms. The van der Waals surface area contributed by atoms with Crippen molar-refractivity contribution in [3.05, 3.63) is 0 Å². The van der Waals surface area contributed by atoms with Crippen molar-refractivity contribution in [2.24, 2.45) is 0 Å². The fraction of sp³-hybridized carbons (Fsp3) is 0.636. The smallest absolute Gasteiger partial charge is 0.210 e. The summed E-state index contributed by atoms with van der Waals surface area (Å²) in [4.78, 5) is 0. The summed E-state index contributed by atoms with van der Waals surface area (Å²) in [5.74, 6) is 15.4. The Hall–Kier alpha value is -0.760. The molecule has 2 aromatic rings. The molecule has 1 aliphatic heterocycles. The molecule has 3 heterocycles. The maximum absolute atomic E-state index is 6.03. The number of hydrogen-bond donors (Lipinski definition) is 2. The average molecular weight is 407 g/mol. The third-order valence-corrected chi connectivity index (χ3v) is 6.81. The molecule has 0 saturated heterocycles. The van der Waals surface area contributed by atoms with Gasteiger partial charge in [-0.25, -0.2) is 9.35 Å². The summed E-state index contributed by atoms with van der Waals surface area (Å²) >= 11 is 6.28. The van der Waals surface area contributed by atoms with E-state index >= 15 is 0 Å². The molecule has 9 nitrogen and oxygen atoms in total. The molecular formula is C11H18N8OS4. The van der Waals surface area contributed by atoms with Gasteiger partial charge < -0.3 is 16.4 Å². The van der Waals surface area contributed by atoms with Gasteiger partial charge in [-0.3, -0.25) is 0 Å². The molecule has 0 atom stereocenters. The summed E-state index contributed by atoms with van der Waals surface area (Å²) in [6, 6.07) is 0. The highest BCUT2D eigenvalue weighted by Gasteiger charge is 2.13. The number of thioether (sulfide) groups is 4. The summed E-state index contributed by atoms with van der Waals surface area (Å²) in [7, 11) is 0. The second kappa shape index (κ2) is 9.08. The molecule has 4 N–H and O–H groups in total. The van der Waals surface area contributed by atoms with E-state index in [1.165, 1.54) is 0 Å². The van der Waals surface area contributed by atoms with E-state index in [9.17, 15) is 0 Å². The third-order valence-electron chi connectivity index (χ3n) is 2.94. The van der Waals surface area contributed by atoms with Gasteiger partial charge >= 0.3 is 0 Å². The molecule has 0 radical (unpaired) electrons. The average Bonchev–Trinajstić information content (AvgIpc) is 3.10. The van der Waals surface area contributed by atoms with Gasteiger partial charge in [0.05, 0.1) is 13.2 Å². The zero-order valence-corrected chi connectivity index (χ0v) is 16.1. The highest BCUT2D eigenvalue weighted by Crippen LogP contribution is 2.24. The second-order valence-corrected chi connectivity index (χ2v) is 8.88. The van der Waals surface area contributed by atoms with E-state index in [1.54, 1.807) is 56.4 Å². The van der Waals surface area contributed by atoms with E-state index in [1.807, 2.05) is 0 Å². The molecule has 0 fully saturated rings. The van der Waals surface area contributed by atoms with Crippen LogP contribution in [0.3, 0.4) is 0 Å². The Morgan fingerprint density at radius 1 is 0.667 bits per heavy atom. The van der Waals surface area contributed by atoms with Crippen molar-refractivity contribution >= 4 is 47.0 Å². The maximum Gasteiger partial charge on any atom is 0.210 e. The number of nitrogens with zero attached hydrogens (tertiary/aromatic N) is 6. The van der Waals surface area contributed by atoms with Crippen LogP contribution in [0.2, 0.25) is 0 Å². The van der Waals surface area contributed by atoms with E-state index in [2.05, 4.69) is 20.4 Å². The lowest BCUT2D eigenvalue weighted by molar-refractivity contribution is 0.167. The van der Waals surface area contributed by atoms with Crippen LogP contribution >= 0.6 is 47.0 Å². The molecule has 0 spiro atoms. The number of hydrogen-bond acceptors (Lipinski definition) is 11. The van der Waals surface area contributed by atoms with Crippen LogP contribution in [0.15, 0.2) is 20.6 Å². The molecule has 0 amide bonds. The van der Waals surface area contributed by atoms with Crippen LogP contribution in [0.25, 0.3) is 0 Å². The zero-order valence-electron chi connectivity index (χ0n) is 12.8. The minimum Gasteiger partial charge on any atom is -0.380 e. The second-order valence-electron chi connectivity index (χ2n) is 4.63. The monoisotopic (exact) mass is 406 g/mol. The molecule has 24 heavy (non-hydrogen) atoms. The summed E-state index contributed by atoms with van der Waals surface area (Å²) < 4.78 is 8.70. The first kappa shape index (κ1) is 18.0. The standard InChI is InChI=1S/C11H18N8OS4/c12-18-8-14-16-10(18)23-6-2-20-3-7-24-11-17-15-9(19(11)13)22-5-1-4-21-8/h1-7,12-13H2. The Morgan fingerprint density at radius 2 is 1.04 bits per heavy atom. The largest absolute Gasteiger partial charge is 0.380 e. The molecule has 0 unspecified atom stereocenters. The highest BCUT2D eigenvalue weighted by molar-refractivity contribution is 8.00. The lowest BCUT2D eigenvalue weighted by Crippen LogP contribution is -2.13. The lowest BCUT2D eigenvalue weighted by atomic mass is 10.6. The van der Waals surface area contributed by atoms with Crippen molar-refractivity contribution < 1.29 is 4.74 Å². The van der Waals surface area contributed by atoms with E-state index < -0.39 is 0 Å². The minimum atomic E-state index is 0.622. The van der Waals surface area contributed by atoms with Crippen molar-refractivity contribution in [2.75, 3.05) is 47.9 Å². The Morgan fingerprint density at radius 3 is 1.46 bits per heavy atom. The van der Waals surface area contributed by atoms with Gasteiger partial charge in [0.2, 0.25) is 20.6 Å². The first-order valence-electron chi connectivity index (χ1n) is 7.25. The molecule has 0 saturated carbocycles. The summed E-state index contributed by atoms with van der Waals surface area (Å²) in [5.41, 5.74) is 0. The van der Waals surface area contributed by atoms with E-state index in [-0.39, 0.29) is 0 Å². The van der Waals surface area contributed by atoms with Gasteiger partial charge in [0, 0.05) is 23.0 Å². The Kier molecular flexibility index (Phi) is 6.83. The highest BCUT2D eigenvalue weighted by atomic mass is 32.2. The van der Waals surface area contributed by atoms with Gasteiger partial charge in [-0.15, -0.1) is 20.4 Å². The van der Waals surface area contributed by atoms with Crippen LogP contribution in [0.5, 0.6) is 0 Å². The van der Waals surface area contributed by atoms with Crippen molar-refractivity contribution in [1.82, 2.24) is 29.7 Å². The normalized spacial score (nSPS) is 18.0. The van der Waals surface area contributed by atoms with Gasteiger partial charge in [-0.05, 0) is 6.42 Å². The first-order valence-corrected chi connectivity index (χ1v) is 11.2. The Bertz CT molecular complexity index is 608. The number of ether oxygens (including phenoxy) is 1. The van der Waals surface area contributed by atoms with Crippen LogP contribution in [-0.2, 0) is 4.74 Å². The van der Waals surface area contributed by atoms with Gasteiger partial charge in [-0.1, -0.05) is 47.0 Å². The van der Waals surface area contributed by atoms with E-state index in [0.717, 1.165) is 39.7 Å². The quantitative estimate of drug-likeness (QED) is 0.603. The van der Waals surface area contributed by atoms with Crippen molar-refractivity contribution in [3.8, 4) is 0 Å². The molecule has 1 aliphatic rings. The molecule has 0 aliphatic carbocycles. The maximum atomic E-state index is 6.03. The number of nitrogen functional groups attached to an aromatic ring is 2. The van der Waals surface area contributed by atoms with Gasteiger partial charge in [0.15, 0.2) is 0 Å². The number of nitrogens with two attached hydrogens (primary N) is 2. The van der Waals surface area contributed by atoms with Gasteiger partial charge in [0.25, 0.3) is 0 Å². The molecule has 0 aromatic carbocycles. The Labute approximate surface area is 156 Å². The number of rotatable bonds is 0. The van der Waals surface area contributed by atoms with Crippen LogP contribution in [0.4, 0.5) is 0 Å². The van der Waals surface area contributed by atoms with Crippen molar-refractivity contribution in [2.45, 2.75) is 27.0 Å². The summed E-state index contributed by atoms with van der Waals surface area (Å²) in [6.07, 6.45) is 0.980. The predicted molar refractivity (Wildman–Crippen MR) is 98.7 cm³/mol. The number of aromatic nitrogens is 6. The van der Waals surface area contributed by atoms with Crippen LogP contribution in [-0.4, -0.2) is 66.0 Å². The lowest BCUT2D eigenvalue weighted by Gasteiger charge is -2.06. The molecule has 2 aromatic heterocycles. The van der Waals surface area contributed by atoms with Crippen molar-refractivity contribution in [1.29, 1.82) is 0 Å². The van der Waals surface area contributed by atoms with Crippen molar-refractivity contribution in [3.63, 3.8) is 0 Å². The minimum absolute atomic E-state index is 0.622. The molecule has 3 rings (SSSR count). The van der Waals surface area contributed by atoms with Crippen LogP contribution in [0.1, 0.15) is 6.42 Å². The SMILES string of the molecule is Nn1c2nnc1SCCOCCSc1nnc(n1N)SCCCS2. The topological polar surface area (TPSA) is 123 Å². The molecular weight excluding hydrogens is 388 g/mol. The van der Waals surface area contributed by atoms with Gasteiger partial charge in [-0.2, -0.15) is 0 Å². The first-order chi connectivity index (χ1) is 11.8. The molecule has 132 valence electrons. The van der Waals surface area contributed by atoms with E-state index in [4.69, 9.17) is 16.4 Å².